The molecule has 0 spiro atoms. The van der Waals surface area contributed by atoms with Crippen LogP contribution < -0.4 is 10.6 Å². The van der Waals surface area contributed by atoms with Gasteiger partial charge in [0.2, 0.25) is 0 Å². The van der Waals surface area contributed by atoms with Gasteiger partial charge in [0, 0.05) is 19.6 Å². The zero-order chi connectivity index (χ0) is 14.2. The second-order valence-corrected chi connectivity index (χ2v) is 8.24. The van der Waals surface area contributed by atoms with Crippen molar-refractivity contribution in [2.45, 2.75) is 38.5 Å². The molecular weight excluding hydrogens is 266 g/mol. The van der Waals surface area contributed by atoms with Gasteiger partial charge in [0.05, 0.1) is 0 Å². The van der Waals surface area contributed by atoms with Crippen LogP contribution in [0.4, 0.5) is 0 Å². The molecule has 0 radical (unpaired) electrons. The molecule has 0 aromatic rings. The monoisotopic (exact) mass is 295 g/mol. The van der Waals surface area contributed by atoms with Crippen LogP contribution in [0.25, 0.3) is 0 Å². The molecule has 4 fully saturated rings. The van der Waals surface area contributed by atoms with Gasteiger partial charge in [-0.05, 0) is 88.0 Å². The lowest BCUT2D eigenvalue weighted by atomic mass is 9.49. The molecular formula is C16H29N3S. The van der Waals surface area contributed by atoms with Gasteiger partial charge < -0.3 is 15.5 Å². The molecule has 0 aromatic heterocycles. The minimum atomic E-state index is 0.571. The highest BCUT2D eigenvalue weighted by Crippen LogP contribution is 2.59. The number of hydrogen-bond donors (Lipinski definition) is 2. The topological polar surface area (TPSA) is 27.3 Å². The molecule has 114 valence electrons. The van der Waals surface area contributed by atoms with Gasteiger partial charge >= 0.3 is 0 Å². The quantitative estimate of drug-likeness (QED) is 0.761. The molecule has 0 heterocycles. The normalized spacial score (nSPS) is 38.2. The van der Waals surface area contributed by atoms with E-state index in [0.29, 0.717) is 5.41 Å². The fraction of sp³-hybridized carbons (Fsp3) is 0.938. The van der Waals surface area contributed by atoms with Crippen molar-refractivity contribution < 1.29 is 0 Å². The largest absolute Gasteiger partial charge is 0.362 e. The Kier molecular flexibility index (Phi) is 4.23. The standard InChI is InChI=1S/C16H29N3S/c1-19(2)4-3-17-15(20)18-11-16-8-12-5-13(9-16)7-14(6-12)10-16/h12-14H,3-11H2,1-2H3,(H2,17,18,20). The predicted octanol–water partition coefficient (Wildman–Crippen LogP) is 2.23. The van der Waals surface area contributed by atoms with Gasteiger partial charge in [-0.15, -0.1) is 0 Å². The van der Waals surface area contributed by atoms with Gasteiger partial charge in [0.25, 0.3) is 0 Å². The fourth-order valence-corrected chi connectivity index (χ4v) is 5.40. The van der Waals surface area contributed by atoms with Crippen LogP contribution in [-0.2, 0) is 0 Å². The summed E-state index contributed by atoms with van der Waals surface area (Å²) in [5.41, 5.74) is 0.571. The zero-order valence-corrected chi connectivity index (χ0v) is 13.8. The Balaban J connectivity index is 1.45. The third-order valence-corrected chi connectivity index (χ3v) is 5.92. The lowest BCUT2D eigenvalue weighted by Gasteiger charge is -2.57. The highest BCUT2D eigenvalue weighted by atomic mass is 32.1. The average molecular weight is 295 g/mol. The molecule has 3 nitrogen and oxygen atoms in total. The number of nitrogens with one attached hydrogen (secondary N) is 2. The maximum absolute atomic E-state index is 5.42. The van der Waals surface area contributed by atoms with Crippen LogP contribution in [0.3, 0.4) is 0 Å². The van der Waals surface area contributed by atoms with Crippen molar-refractivity contribution in [2.75, 3.05) is 33.7 Å². The van der Waals surface area contributed by atoms with Gasteiger partial charge in [-0.1, -0.05) is 0 Å². The van der Waals surface area contributed by atoms with Crippen molar-refractivity contribution in [3.8, 4) is 0 Å². The number of rotatable bonds is 5. The van der Waals surface area contributed by atoms with E-state index in [0.717, 1.165) is 42.5 Å². The van der Waals surface area contributed by atoms with Crippen LogP contribution in [-0.4, -0.2) is 43.7 Å². The second kappa shape index (κ2) is 5.80. The molecule has 4 heteroatoms. The third-order valence-electron chi connectivity index (χ3n) is 5.63. The van der Waals surface area contributed by atoms with E-state index in [9.17, 15) is 0 Å². The first kappa shape index (κ1) is 14.6. The van der Waals surface area contributed by atoms with Crippen molar-refractivity contribution in [1.82, 2.24) is 15.5 Å². The number of nitrogens with zero attached hydrogens (tertiary/aromatic N) is 1. The van der Waals surface area contributed by atoms with Crippen molar-refractivity contribution in [3.63, 3.8) is 0 Å². The maximum atomic E-state index is 5.42. The van der Waals surface area contributed by atoms with Crippen molar-refractivity contribution >= 4 is 17.3 Å². The highest BCUT2D eigenvalue weighted by Gasteiger charge is 2.50. The predicted molar refractivity (Wildman–Crippen MR) is 87.8 cm³/mol. The minimum absolute atomic E-state index is 0.571. The van der Waals surface area contributed by atoms with E-state index >= 15 is 0 Å². The molecule has 0 aromatic carbocycles. The van der Waals surface area contributed by atoms with E-state index < -0.39 is 0 Å². The summed E-state index contributed by atoms with van der Waals surface area (Å²) in [6, 6.07) is 0. The Morgan fingerprint density at radius 3 is 2.10 bits per heavy atom. The number of thiocarbonyl (C=S) groups is 1. The molecule has 4 aliphatic rings. The summed E-state index contributed by atoms with van der Waals surface area (Å²) in [7, 11) is 4.18. The summed E-state index contributed by atoms with van der Waals surface area (Å²) in [6.07, 6.45) is 8.91. The summed E-state index contributed by atoms with van der Waals surface area (Å²) in [4.78, 5) is 2.18. The van der Waals surface area contributed by atoms with Crippen LogP contribution in [0.1, 0.15) is 38.5 Å². The Morgan fingerprint density at radius 2 is 1.60 bits per heavy atom. The summed E-state index contributed by atoms with van der Waals surface area (Å²) in [6.45, 7) is 3.06. The smallest absolute Gasteiger partial charge is 0.166 e. The number of hydrogen-bond acceptors (Lipinski definition) is 2. The van der Waals surface area contributed by atoms with Crippen LogP contribution >= 0.6 is 12.2 Å². The first-order valence-corrected chi connectivity index (χ1v) is 8.62. The molecule has 4 bridgehead atoms. The van der Waals surface area contributed by atoms with E-state index in [-0.39, 0.29) is 0 Å². The van der Waals surface area contributed by atoms with Crippen molar-refractivity contribution in [3.05, 3.63) is 0 Å². The van der Waals surface area contributed by atoms with E-state index in [4.69, 9.17) is 12.2 Å². The molecule has 20 heavy (non-hydrogen) atoms. The minimum Gasteiger partial charge on any atom is -0.362 e. The van der Waals surface area contributed by atoms with Crippen LogP contribution in [0.2, 0.25) is 0 Å². The van der Waals surface area contributed by atoms with Gasteiger partial charge in [0.1, 0.15) is 0 Å². The zero-order valence-electron chi connectivity index (χ0n) is 13.0. The second-order valence-electron chi connectivity index (χ2n) is 7.83. The van der Waals surface area contributed by atoms with Gasteiger partial charge in [0.15, 0.2) is 5.11 Å². The highest BCUT2D eigenvalue weighted by molar-refractivity contribution is 7.80. The summed E-state index contributed by atoms with van der Waals surface area (Å²) >= 11 is 5.42. The summed E-state index contributed by atoms with van der Waals surface area (Å²) in [5.74, 6) is 3.08. The molecule has 0 unspecified atom stereocenters. The van der Waals surface area contributed by atoms with Crippen LogP contribution in [0, 0.1) is 23.2 Å². The summed E-state index contributed by atoms with van der Waals surface area (Å²) < 4.78 is 0. The average Bonchev–Trinajstić information content (AvgIpc) is 2.34. The SMILES string of the molecule is CN(C)CCNC(=S)NCC12CC3CC(CC(C3)C1)C2. The molecule has 0 saturated heterocycles. The van der Waals surface area contributed by atoms with Gasteiger partial charge in [-0.3, -0.25) is 0 Å². The fourth-order valence-electron chi connectivity index (χ4n) is 5.23. The Labute approximate surface area is 128 Å². The molecule has 0 aliphatic heterocycles. The number of likely N-dealkylation sites (N-methyl/N-ethyl adjacent to an activating group) is 1. The molecule has 4 aliphatic carbocycles. The van der Waals surface area contributed by atoms with E-state index in [1.54, 1.807) is 0 Å². The Bertz CT molecular complexity index is 331. The van der Waals surface area contributed by atoms with Gasteiger partial charge in [-0.2, -0.15) is 0 Å². The van der Waals surface area contributed by atoms with Crippen molar-refractivity contribution in [1.29, 1.82) is 0 Å². The van der Waals surface area contributed by atoms with E-state index in [1.165, 1.54) is 38.5 Å². The van der Waals surface area contributed by atoms with Gasteiger partial charge in [-0.25, -0.2) is 0 Å². The lowest BCUT2D eigenvalue weighted by Crippen LogP contribution is -2.52. The molecule has 4 saturated carbocycles. The van der Waals surface area contributed by atoms with Crippen molar-refractivity contribution in [2.24, 2.45) is 23.2 Å². The maximum Gasteiger partial charge on any atom is 0.166 e. The Morgan fingerprint density at radius 1 is 1.05 bits per heavy atom. The lowest BCUT2D eigenvalue weighted by molar-refractivity contribution is -0.0491. The van der Waals surface area contributed by atoms with Crippen LogP contribution in [0.15, 0.2) is 0 Å². The molecule has 2 N–H and O–H groups in total. The Hall–Kier alpha value is -0.350. The first-order valence-electron chi connectivity index (χ1n) is 8.21. The first-order chi connectivity index (χ1) is 9.55. The summed E-state index contributed by atoms with van der Waals surface area (Å²) in [5, 5.41) is 7.69. The molecule has 0 amide bonds. The molecule has 0 atom stereocenters. The van der Waals surface area contributed by atoms with E-state index in [1.807, 2.05) is 0 Å². The van der Waals surface area contributed by atoms with E-state index in [2.05, 4.69) is 29.6 Å². The third kappa shape index (κ3) is 3.28. The van der Waals surface area contributed by atoms with Crippen LogP contribution in [0.5, 0.6) is 0 Å². The molecule has 4 rings (SSSR count).